The Kier molecular flexibility index (Phi) is 7.46. The zero-order valence-corrected chi connectivity index (χ0v) is 18.7. The molecule has 0 atom stereocenters. The Bertz CT molecular complexity index is 1030. The van der Waals surface area contributed by atoms with Gasteiger partial charge >= 0.3 is 5.97 Å². The number of hydrogen-bond acceptors (Lipinski definition) is 6. The lowest BCUT2D eigenvalue weighted by Gasteiger charge is -2.30. The van der Waals surface area contributed by atoms with E-state index in [2.05, 4.69) is 5.32 Å². The molecule has 1 fully saturated rings. The van der Waals surface area contributed by atoms with Crippen LogP contribution in [-0.4, -0.2) is 50.7 Å². The van der Waals surface area contributed by atoms with E-state index >= 15 is 0 Å². The first-order valence-electron chi connectivity index (χ1n) is 10.4. The summed E-state index contributed by atoms with van der Waals surface area (Å²) >= 11 is 0. The van der Waals surface area contributed by atoms with Crippen molar-refractivity contribution in [1.29, 1.82) is 0 Å². The summed E-state index contributed by atoms with van der Waals surface area (Å²) in [5.41, 5.74) is 2.29. The summed E-state index contributed by atoms with van der Waals surface area (Å²) < 4.78 is 32.5. The number of ketones is 1. The van der Waals surface area contributed by atoms with Crippen LogP contribution in [0, 0.1) is 12.8 Å². The number of carbonyl (C=O) groups excluding carboxylic acids is 2. The molecule has 31 heavy (non-hydrogen) atoms. The lowest BCUT2D eigenvalue weighted by Crippen LogP contribution is -2.40. The van der Waals surface area contributed by atoms with Crippen molar-refractivity contribution in [3.8, 4) is 0 Å². The largest absolute Gasteiger partial charge is 0.466 e. The van der Waals surface area contributed by atoms with E-state index in [0.717, 1.165) is 11.3 Å². The fourth-order valence-corrected chi connectivity index (χ4v) is 5.04. The quantitative estimate of drug-likeness (QED) is 0.496. The summed E-state index contributed by atoms with van der Waals surface area (Å²) in [5, 5.41) is 3.06. The normalized spacial score (nSPS) is 15.4. The van der Waals surface area contributed by atoms with E-state index in [4.69, 9.17) is 4.74 Å². The highest BCUT2D eigenvalue weighted by Gasteiger charge is 2.32. The molecule has 0 unspecified atom stereocenters. The number of hydrogen-bond donors (Lipinski definition) is 1. The molecule has 0 radical (unpaired) electrons. The van der Waals surface area contributed by atoms with Crippen LogP contribution in [0.3, 0.4) is 0 Å². The molecule has 1 N–H and O–H groups in total. The standard InChI is InChI=1S/C23H28N2O5S/c1-3-30-23(27)18-11-13-25(14-12-18)31(28,29)21-6-4-5-19(15-21)22(26)16-24-20-9-7-17(2)8-10-20/h4-10,15,18,24H,3,11-14,16H2,1-2H3. The Balaban J connectivity index is 1.65. The van der Waals surface area contributed by atoms with Gasteiger partial charge in [0.1, 0.15) is 0 Å². The molecule has 1 heterocycles. The topological polar surface area (TPSA) is 92.8 Å². The van der Waals surface area contributed by atoms with Gasteiger partial charge in [0.2, 0.25) is 10.0 Å². The molecule has 8 heteroatoms. The molecule has 0 aromatic heterocycles. The SMILES string of the molecule is CCOC(=O)C1CCN(S(=O)(=O)c2cccc(C(=O)CNc3ccc(C)cc3)c2)CC1. The number of piperidine rings is 1. The van der Waals surface area contributed by atoms with Gasteiger partial charge in [-0.3, -0.25) is 9.59 Å². The van der Waals surface area contributed by atoms with Gasteiger partial charge in [0.25, 0.3) is 0 Å². The molecule has 0 saturated carbocycles. The summed E-state index contributed by atoms with van der Waals surface area (Å²) in [6.07, 6.45) is 0.855. The molecular weight excluding hydrogens is 416 g/mol. The molecule has 3 rings (SSSR count). The number of carbonyl (C=O) groups is 2. The molecule has 1 aliphatic rings. The van der Waals surface area contributed by atoms with Crippen LogP contribution >= 0.6 is 0 Å². The average molecular weight is 445 g/mol. The van der Waals surface area contributed by atoms with E-state index in [1.165, 1.54) is 16.4 Å². The summed E-state index contributed by atoms with van der Waals surface area (Å²) in [4.78, 5) is 24.6. The number of aryl methyl sites for hydroxylation is 1. The van der Waals surface area contributed by atoms with Crippen LogP contribution in [0.1, 0.15) is 35.7 Å². The Morgan fingerprint density at radius 2 is 1.77 bits per heavy atom. The third-order valence-corrected chi connectivity index (χ3v) is 7.27. The molecule has 2 aromatic rings. The predicted molar refractivity (Wildman–Crippen MR) is 119 cm³/mol. The number of anilines is 1. The van der Waals surface area contributed by atoms with Crippen LogP contribution in [0.2, 0.25) is 0 Å². The summed E-state index contributed by atoms with van der Waals surface area (Å²) in [6, 6.07) is 13.8. The van der Waals surface area contributed by atoms with Crippen molar-refractivity contribution in [3.63, 3.8) is 0 Å². The molecule has 7 nitrogen and oxygen atoms in total. The number of esters is 1. The van der Waals surface area contributed by atoms with Crippen molar-refractivity contribution < 1.29 is 22.7 Å². The second kappa shape index (κ2) is 10.1. The highest BCUT2D eigenvalue weighted by molar-refractivity contribution is 7.89. The van der Waals surface area contributed by atoms with Gasteiger partial charge in [0, 0.05) is 24.3 Å². The molecular formula is C23H28N2O5S. The maximum Gasteiger partial charge on any atom is 0.309 e. The first-order valence-corrected chi connectivity index (χ1v) is 11.9. The van der Waals surface area contributed by atoms with Gasteiger partial charge in [0.05, 0.1) is 24.0 Å². The summed E-state index contributed by atoms with van der Waals surface area (Å²) in [7, 11) is -3.74. The number of Topliss-reactive ketones (excluding diaryl/α,β-unsaturated/α-hetero) is 1. The van der Waals surface area contributed by atoms with Crippen LogP contribution in [0.4, 0.5) is 5.69 Å². The fraction of sp³-hybridized carbons (Fsp3) is 0.391. The van der Waals surface area contributed by atoms with Crippen molar-refractivity contribution in [2.24, 2.45) is 5.92 Å². The molecule has 1 aliphatic heterocycles. The van der Waals surface area contributed by atoms with Crippen molar-refractivity contribution in [2.75, 3.05) is 31.6 Å². The van der Waals surface area contributed by atoms with E-state index in [1.807, 2.05) is 31.2 Å². The Hall–Kier alpha value is -2.71. The molecule has 166 valence electrons. The van der Waals surface area contributed by atoms with Crippen molar-refractivity contribution >= 4 is 27.5 Å². The maximum atomic E-state index is 13.1. The van der Waals surface area contributed by atoms with Gasteiger partial charge < -0.3 is 10.1 Å². The number of ether oxygens (including phenoxy) is 1. The van der Waals surface area contributed by atoms with E-state index in [-0.39, 0.29) is 42.2 Å². The second-order valence-electron chi connectivity index (χ2n) is 7.60. The van der Waals surface area contributed by atoms with Gasteiger partial charge in [0.15, 0.2) is 5.78 Å². The Labute approximate surface area is 183 Å². The molecule has 0 bridgehead atoms. The molecule has 2 aromatic carbocycles. The van der Waals surface area contributed by atoms with E-state index in [1.54, 1.807) is 19.1 Å². The van der Waals surface area contributed by atoms with Crippen molar-refractivity contribution in [1.82, 2.24) is 4.31 Å². The van der Waals surface area contributed by atoms with Crippen molar-refractivity contribution in [2.45, 2.75) is 31.6 Å². The van der Waals surface area contributed by atoms with Crippen LogP contribution < -0.4 is 5.32 Å². The first kappa shape index (κ1) is 23.0. The summed E-state index contributed by atoms with van der Waals surface area (Å²) in [5.74, 6) is -0.737. The number of rotatable bonds is 8. The highest BCUT2D eigenvalue weighted by Crippen LogP contribution is 2.25. The van der Waals surface area contributed by atoms with Gasteiger partial charge in [-0.05, 0) is 51.0 Å². The molecule has 0 aliphatic carbocycles. The summed E-state index contributed by atoms with van der Waals surface area (Å²) in [6.45, 7) is 4.62. The van der Waals surface area contributed by atoms with Crippen LogP contribution in [-0.2, 0) is 19.6 Å². The average Bonchev–Trinajstić information content (AvgIpc) is 2.79. The molecule has 1 saturated heterocycles. The Morgan fingerprint density at radius 1 is 1.10 bits per heavy atom. The number of sulfonamides is 1. The highest BCUT2D eigenvalue weighted by atomic mass is 32.2. The third kappa shape index (κ3) is 5.71. The van der Waals surface area contributed by atoms with Crippen LogP contribution in [0.5, 0.6) is 0 Å². The predicted octanol–water partition coefficient (Wildman–Crippen LogP) is 3.25. The van der Waals surface area contributed by atoms with Gasteiger partial charge in [-0.25, -0.2) is 8.42 Å². The zero-order chi connectivity index (χ0) is 22.4. The van der Waals surface area contributed by atoms with E-state index < -0.39 is 10.0 Å². The van der Waals surface area contributed by atoms with Crippen molar-refractivity contribution in [3.05, 3.63) is 59.7 Å². The van der Waals surface area contributed by atoms with Gasteiger partial charge in [-0.15, -0.1) is 0 Å². The minimum atomic E-state index is -3.74. The third-order valence-electron chi connectivity index (χ3n) is 5.37. The molecule has 0 spiro atoms. The van der Waals surface area contributed by atoms with E-state index in [0.29, 0.717) is 25.0 Å². The number of nitrogens with one attached hydrogen (secondary N) is 1. The zero-order valence-electron chi connectivity index (χ0n) is 17.8. The minimum Gasteiger partial charge on any atom is -0.466 e. The van der Waals surface area contributed by atoms with Crippen LogP contribution in [0.25, 0.3) is 0 Å². The van der Waals surface area contributed by atoms with E-state index in [9.17, 15) is 18.0 Å². The first-order chi connectivity index (χ1) is 14.8. The minimum absolute atomic E-state index is 0.0670. The lowest BCUT2D eigenvalue weighted by molar-refractivity contribution is -0.149. The number of benzene rings is 2. The lowest BCUT2D eigenvalue weighted by atomic mass is 9.98. The fourth-order valence-electron chi connectivity index (χ4n) is 3.53. The smallest absolute Gasteiger partial charge is 0.309 e. The second-order valence-corrected chi connectivity index (χ2v) is 9.54. The molecule has 0 amide bonds. The maximum absolute atomic E-state index is 13.1. The monoisotopic (exact) mass is 444 g/mol. The Morgan fingerprint density at radius 3 is 2.42 bits per heavy atom. The van der Waals surface area contributed by atoms with Gasteiger partial charge in [-0.2, -0.15) is 4.31 Å². The van der Waals surface area contributed by atoms with Gasteiger partial charge in [-0.1, -0.05) is 29.8 Å². The number of nitrogens with zero attached hydrogens (tertiary/aromatic N) is 1. The van der Waals surface area contributed by atoms with Crippen LogP contribution in [0.15, 0.2) is 53.4 Å².